The number of hydrogen-bond acceptors (Lipinski definition) is 5. The molecule has 0 bridgehead atoms. The fraction of sp³-hybridized carbons (Fsp3) is 0.316. The van der Waals surface area contributed by atoms with Gasteiger partial charge >= 0.3 is 6.03 Å². The van der Waals surface area contributed by atoms with E-state index in [4.69, 9.17) is 18.9 Å². The van der Waals surface area contributed by atoms with Crippen molar-refractivity contribution in [1.29, 1.82) is 0 Å². The summed E-state index contributed by atoms with van der Waals surface area (Å²) in [5.41, 5.74) is 1.05. The highest BCUT2D eigenvalue weighted by molar-refractivity contribution is 6.02. The number of amides is 2. The Bertz CT molecular complexity index is 820. The fourth-order valence-electron chi connectivity index (χ4n) is 2.94. The molecule has 7 heteroatoms. The Balaban J connectivity index is 1.53. The van der Waals surface area contributed by atoms with Crippen molar-refractivity contribution in [2.24, 2.45) is 0 Å². The normalized spacial score (nSPS) is 17.7. The first-order chi connectivity index (χ1) is 12.2. The molecule has 0 unspecified atom stereocenters. The molecule has 0 spiro atoms. The Kier molecular flexibility index (Phi) is 3.44. The van der Waals surface area contributed by atoms with Crippen LogP contribution < -0.4 is 29.6 Å². The van der Waals surface area contributed by atoms with E-state index in [1.165, 1.54) is 0 Å². The second-order valence-electron chi connectivity index (χ2n) is 7.05. The first-order valence-corrected chi connectivity index (χ1v) is 8.33. The predicted molar refractivity (Wildman–Crippen MR) is 96.2 cm³/mol. The third kappa shape index (κ3) is 2.96. The van der Waals surface area contributed by atoms with Crippen molar-refractivity contribution in [3.8, 4) is 23.0 Å². The molecule has 2 heterocycles. The maximum Gasteiger partial charge on any atom is 0.323 e. The van der Waals surface area contributed by atoms with Crippen LogP contribution >= 0.6 is 0 Å². The van der Waals surface area contributed by atoms with Crippen LogP contribution in [-0.2, 0) is 0 Å². The van der Waals surface area contributed by atoms with E-state index < -0.39 is 17.6 Å². The molecule has 0 aliphatic carbocycles. The lowest BCUT2D eigenvalue weighted by molar-refractivity contribution is -0.0434. The lowest BCUT2D eigenvalue weighted by Crippen LogP contribution is -2.30. The Morgan fingerprint density at radius 2 is 1.15 bits per heavy atom. The van der Waals surface area contributed by atoms with Gasteiger partial charge in [-0.2, -0.15) is 0 Å². The van der Waals surface area contributed by atoms with E-state index in [0.29, 0.717) is 34.4 Å². The molecular formula is C19H20N2O5. The summed E-state index contributed by atoms with van der Waals surface area (Å²) in [6.07, 6.45) is 0. The zero-order valence-electron chi connectivity index (χ0n) is 15.0. The monoisotopic (exact) mass is 356 g/mol. The second kappa shape index (κ2) is 5.45. The van der Waals surface area contributed by atoms with Crippen LogP contribution in [0, 0.1) is 0 Å². The lowest BCUT2D eigenvalue weighted by atomic mass is 10.2. The zero-order chi connectivity index (χ0) is 18.5. The van der Waals surface area contributed by atoms with Crippen LogP contribution in [0.25, 0.3) is 0 Å². The summed E-state index contributed by atoms with van der Waals surface area (Å²) in [6, 6.07) is 10.3. The first-order valence-electron chi connectivity index (χ1n) is 8.33. The molecule has 2 aromatic rings. The highest BCUT2D eigenvalue weighted by atomic mass is 16.7. The number of carbonyl (C=O) groups is 1. The minimum absolute atomic E-state index is 0.423. The molecule has 0 atom stereocenters. The molecular weight excluding hydrogens is 336 g/mol. The standard InChI is InChI=1S/C19H20N2O5/c1-18(2)23-13-9-5-7-11(15(13)25-18)20-17(22)21-12-8-6-10-14-16(12)26-19(3,4)24-14/h5-10H,1-4H3,(H2,20,21,22). The van der Waals surface area contributed by atoms with Crippen molar-refractivity contribution in [2.45, 2.75) is 39.3 Å². The number of ether oxygens (including phenoxy) is 4. The summed E-state index contributed by atoms with van der Waals surface area (Å²) in [5, 5.41) is 5.58. The molecule has 2 aromatic carbocycles. The van der Waals surface area contributed by atoms with Gasteiger partial charge in [0.25, 0.3) is 0 Å². The van der Waals surface area contributed by atoms with Crippen LogP contribution in [0.3, 0.4) is 0 Å². The van der Waals surface area contributed by atoms with Gasteiger partial charge in [0.15, 0.2) is 23.0 Å². The third-order valence-electron chi connectivity index (χ3n) is 3.86. The van der Waals surface area contributed by atoms with E-state index >= 15 is 0 Å². The second-order valence-corrected chi connectivity index (χ2v) is 7.05. The number of anilines is 2. The lowest BCUT2D eigenvalue weighted by Gasteiger charge is -2.17. The third-order valence-corrected chi connectivity index (χ3v) is 3.86. The molecule has 7 nitrogen and oxygen atoms in total. The molecule has 2 aliphatic rings. The van der Waals surface area contributed by atoms with Crippen molar-refractivity contribution in [2.75, 3.05) is 10.6 Å². The van der Waals surface area contributed by atoms with E-state index in [9.17, 15) is 4.79 Å². The van der Waals surface area contributed by atoms with Gasteiger partial charge in [-0.25, -0.2) is 4.79 Å². The summed E-state index contributed by atoms with van der Waals surface area (Å²) < 4.78 is 22.9. The Labute approximate surface area is 151 Å². The summed E-state index contributed by atoms with van der Waals surface area (Å²) >= 11 is 0. The van der Waals surface area contributed by atoms with Crippen LogP contribution in [0.2, 0.25) is 0 Å². The smallest absolute Gasteiger partial charge is 0.323 e. The average Bonchev–Trinajstić information content (AvgIpc) is 3.02. The molecule has 2 N–H and O–H groups in total. The maximum absolute atomic E-state index is 12.5. The van der Waals surface area contributed by atoms with Gasteiger partial charge in [0, 0.05) is 27.7 Å². The minimum atomic E-state index is -0.770. The van der Waals surface area contributed by atoms with Crippen LogP contribution in [0.5, 0.6) is 23.0 Å². The predicted octanol–water partition coefficient (Wildman–Crippen LogP) is 4.35. The zero-order valence-corrected chi connectivity index (χ0v) is 15.0. The molecule has 0 saturated carbocycles. The fourth-order valence-corrected chi connectivity index (χ4v) is 2.94. The molecule has 0 aromatic heterocycles. The van der Waals surface area contributed by atoms with Crippen LogP contribution in [-0.4, -0.2) is 17.6 Å². The van der Waals surface area contributed by atoms with Gasteiger partial charge in [-0.1, -0.05) is 12.1 Å². The van der Waals surface area contributed by atoms with E-state index in [1.54, 1.807) is 36.4 Å². The number of hydrogen-bond donors (Lipinski definition) is 2. The maximum atomic E-state index is 12.5. The Hall–Kier alpha value is -3.09. The van der Waals surface area contributed by atoms with Gasteiger partial charge in [-0.3, -0.25) is 0 Å². The van der Waals surface area contributed by atoms with Crippen molar-refractivity contribution >= 4 is 17.4 Å². The highest BCUT2D eigenvalue weighted by Gasteiger charge is 2.35. The van der Waals surface area contributed by atoms with Gasteiger partial charge < -0.3 is 29.6 Å². The summed E-state index contributed by atoms with van der Waals surface area (Å²) in [7, 11) is 0. The first kappa shape index (κ1) is 16.4. The van der Waals surface area contributed by atoms with Gasteiger partial charge in [-0.15, -0.1) is 0 Å². The molecule has 0 saturated heterocycles. The number of benzene rings is 2. The van der Waals surface area contributed by atoms with Crippen LogP contribution in [0.1, 0.15) is 27.7 Å². The van der Waals surface area contributed by atoms with E-state index in [-0.39, 0.29) is 0 Å². The average molecular weight is 356 g/mol. The molecule has 0 radical (unpaired) electrons. The number of rotatable bonds is 2. The summed E-state index contributed by atoms with van der Waals surface area (Å²) in [5.74, 6) is 0.651. The number of urea groups is 1. The largest absolute Gasteiger partial charge is 0.449 e. The van der Waals surface area contributed by atoms with Crippen molar-refractivity contribution in [3.05, 3.63) is 36.4 Å². The summed E-state index contributed by atoms with van der Waals surface area (Å²) in [6.45, 7) is 7.23. The summed E-state index contributed by atoms with van der Waals surface area (Å²) in [4.78, 5) is 12.5. The number of fused-ring (bicyclic) bond motifs is 2. The molecule has 136 valence electrons. The van der Waals surface area contributed by atoms with Gasteiger partial charge in [0.1, 0.15) is 0 Å². The number of nitrogens with one attached hydrogen (secondary N) is 2. The molecule has 4 rings (SSSR count). The highest BCUT2D eigenvalue weighted by Crippen LogP contribution is 2.46. The molecule has 26 heavy (non-hydrogen) atoms. The molecule has 2 amide bonds. The van der Waals surface area contributed by atoms with E-state index in [2.05, 4.69) is 10.6 Å². The quantitative estimate of drug-likeness (QED) is 0.837. The van der Waals surface area contributed by atoms with E-state index in [1.807, 2.05) is 27.7 Å². The molecule has 2 aliphatic heterocycles. The van der Waals surface area contributed by atoms with Gasteiger partial charge in [0.05, 0.1) is 11.4 Å². The number of para-hydroxylation sites is 2. The van der Waals surface area contributed by atoms with Crippen molar-refractivity contribution in [1.82, 2.24) is 0 Å². The SMILES string of the molecule is CC1(C)Oc2cccc(NC(=O)Nc3cccc4c3OC(C)(C)O4)c2O1. The minimum Gasteiger partial charge on any atom is -0.449 e. The van der Waals surface area contributed by atoms with Crippen molar-refractivity contribution < 1.29 is 23.7 Å². The Morgan fingerprint density at radius 1 is 0.731 bits per heavy atom. The topological polar surface area (TPSA) is 78.1 Å². The molecule has 0 fully saturated rings. The van der Waals surface area contributed by atoms with Crippen LogP contribution in [0.4, 0.5) is 16.2 Å². The van der Waals surface area contributed by atoms with Crippen LogP contribution in [0.15, 0.2) is 36.4 Å². The Morgan fingerprint density at radius 3 is 1.58 bits per heavy atom. The van der Waals surface area contributed by atoms with Gasteiger partial charge in [-0.05, 0) is 24.3 Å². The number of carbonyl (C=O) groups excluding carboxylic acids is 1. The van der Waals surface area contributed by atoms with Gasteiger partial charge in [0.2, 0.25) is 11.6 Å². The van der Waals surface area contributed by atoms with E-state index in [0.717, 1.165) is 0 Å². The van der Waals surface area contributed by atoms with Crippen molar-refractivity contribution in [3.63, 3.8) is 0 Å².